The van der Waals surface area contributed by atoms with Crippen molar-refractivity contribution in [3.63, 3.8) is 0 Å². The van der Waals surface area contributed by atoms with Crippen LogP contribution in [0, 0.1) is 0 Å². The van der Waals surface area contributed by atoms with E-state index in [0.29, 0.717) is 0 Å². The highest BCUT2D eigenvalue weighted by molar-refractivity contribution is 5.06. The van der Waals surface area contributed by atoms with E-state index in [1.165, 1.54) is 6.42 Å². The van der Waals surface area contributed by atoms with Gasteiger partial charge in [-0.25, -0.2) is 0 Å². The fourth-order valence-electron chi connectivity index (χ4n) is 2.65. The molecule has 20 heavy (non-hydrogen) atoms. The number of morpholine rings is 1. The third-order valence-electron chi connectivity index (χ3n) is 3.61. The minimum atomic E-state index is 0.128. The molecular weight excluding hydrogens is 252 g/mol. The fourth-order valence-corrected chi connectivity index (χ4v) is 2.65. The predicted molar refractivity (Wildman–Crippen MR) is 79.5 cm³/mol. The Bertz CT molecular complexity index is 371. The van der Waals surface area contributed by atoms with Crippen molar-refractivity contribution in [1.82, 2.24) is 20.2 Å². The Hall–Kier alpha value is -1.04. The van der Waals surface area contributed by atoms with Crippen molar-refractivity contribution in [1.29, 1.82) is 0 Å². The summed E-state index contributed by atoms with van der Waals surface area (Å²) in [4.78, 5) is 11.1. The summed E-state index contributed by atoms with van der Waals surface area (Å²) in [6, 6.07) is 0.128. The molecule has 2 unspecified atom stereocenters. The highest BCUT2D eigenvalue weighted by atomic mass is 16.5. The third kappa shape index (κ3) is 4.23. The number of hydrogen-bond donors (Lipinski definition) is 1. The van der Waals surface area contributed by atoms with Crippen LogP contribution < -0.4 is 5.32 Å². The quantitative estimate of drug-likeness (QED) is 0.821. The van der Waals surface area contributed by atoms with Crippen molar-refractivity contribution >= 4 is 0 Å². The summed E-state index contributed by atoms with van der Waals surface area (Å²) in [6.07, 6.45) is 7.75. The molecule has 0 amide bonds. The Balaban J connectivity index is 2.05. The Morgan fingerprint density at radius 3 is 3.00 bits per heavy atom. The first-order valence-corrected chi connectivity index (χ1v) is 7.68. The number of nitrogens with zero attached hydrogens (tertiary/aromatic N) is 3. The van der Waals surface area contributed by atoms with Crippen LogP contribution in [0.5, 0.6) is 0 Å². The molecule has 2 rings (SSSR count). The Labute approximate surface area is 121 Å². The van der Waals surface area contributed by atoms with Crippen LogP contribution in [0.15, 0.2) is 18.6 Å². The van der Waals surface area contributed by atoms with Gasteiger partial charge in [0.1, 0.15) is 0 Å². The van der Waals surface area contributed by atoms with Crippen molar-refractivity contribution in [3.05, 3.63) is 24.3 Å². The van der Waals surface area contributed by atoms with Gasteiger partial charge in [0, 0.05) is 25.5 Å². The molecule has 1 aromatic heterocycles. The SMILES string of the molecule is CCCNC(c1cnccn1)C1CN(CCC)CCO1. The lowest BCUT2D eigenvalue weighted by Gasteiger charge is -2.37. The fraction of sp³-hybridized carbons (Fsp3) is 0.733. The molecule has 0 radical (unpaired) electrons. The summed E-state index contributed by atoms with van der Waals surface area (Å²) in [7, 11) is 0. The Morgan fingerprint density at radius 1 is 1.40 bits per heavy atom. The van der Waals surface area contributed by atoms with Crippen LogP contribution in [0.1, 0.15) is 38.4 Å². The van der Waals surface area contributed by atoms with Gasteiger partial charge in [-0.15, -0.1) is 0 Å². The van der Waals surface area contributed by atoms with Crippen molar-refractivity contribution in [2.24, 2.45) is 0 Å². The number of hydrogen-bond acceptors (Lipinski definition) is 5. The number of nitrogens with one attached hydrogen (secondary N) is 1. The molecule has 2 atom stereocenters. The van der Waals surface area contributed by atoms with Gasteiger partial charge in [0.25, 0.3) is 0 Å². The molecule has 1 aliphatic heterocycles. The minimum Gasteiger partial charge on any atom is -0.374 e. The van der Waals surface area contributed by atoms with Gasteiger partial charge in [0.15, 0.2) is 0 Å². The first kappa shape index (κ1) is 15.4. The van der Waals surface area contributed by atoms with Crippen LogP contribution in [0.25, 0.3) is 0 Å². The van der Waals surface area contributed by atoms with E-state index < -0.39 is 0 Å². The van der Waals surface area contributed by atoms with Gasteiger partial charge in [-0.05, 0) is 25.9 Å². The highest BCUT2D eigenvalue weighted by Crippen LogP contribution is 2.20. The molecular formula is C15H26N4O. The van der Waals surface area contributed by atoms with E-state index in [4.69, 9.17) is 4.74 Å². The number of ether oxygens (including phenoxy) is 1. The van der Waals surface area contributed by atoms with Gasteiger partial charge < -0.3 is 10.1 Å². The highest BCUT2D eigenvalue weighted by Gasteiger charge is 2.29. The lowest BCUT2D eigenvalue weighted by Crippen LogP contribution is -2.48. The summed E-state index contributed by atoms with van der Waals surface area (Å²) in [5, 5.41) is 3.56. The average molecular weight is 278 g/mol. The zero-order chi connectivity index (χ0) is 14.2. The molecule has 5 heteroatoms. The van der Waals surface area contributed by atoms with Crippen LogP contribution >= 0.6 is 0 Å². The van der Waals surface area contributed by atoms with Crippen LogP contribution in [-0.2, 0) is 4.74 Å². The van der Waals surface area contributed by atoms with E-state index in [0.717, 1.165) is 44.9 Å². The van der Waals surface area contributed by atoms with E-state index in [-0.39, 0.29) is 12.1 Å². The topological polar surface area (TPSA) is 50.3 Å². The maximum atomic E-state index is 6.00. The average Bonchev–Trinajstić information content (AvgIpc) is 2.50. The summed E-state index contributed by atoms with van der Waals surface area (Å²) in [6.45, 7) is 9.30. The summed E-state index contributed by atoms with van der Waals surface area (Å²) >= 11 is 0. The zero-order valence-corrected chi connectivity index (χ0v) is 12.6. The van der Waals surface area contributed by atoms with Crippen LogP contribution in [0.4, 0.5) is 0 Å². The normalized spacial score (nSPS) is 21.8. The van der Waals surface area contributed by atoms with Gasteiger partial charge >= 0.3 is 0 Å². The third-order valence-corrected chi connectivity index (χ3v) is 3.61. The maximum absolute atomic E-state index is 6.00. The summed E-state index contributed by atoms with van der Waals surface area (Å²) < 4.78 is 6.00. The van der Waals surface area contributed by atoms with Crippen molar-refractivity contribution in [3.8, 4) is 0 Å². The lowest BCUT2D eigenvalue weighted by molar-refractivity contribution is -0.0477. The van der Waals surface area contributed by atoms with Crippen molar-refractivity contribution in [2.45, 2.75) is 38.8 Å². The molecule has 2 heterocycles. The molecule has 1 aromatic rings. The van der Waals surface area contributed by atoms with Gasteiger partial charge in [0.05, 0.1) is 30.6 Å². The molecule has 5 nitrogen and oxygen atoms in total. The van der Waals surface area contributed by atoms with E-state index in [9.17, 15) is 0 Å². The van der Waals surface area contributed by atoms with Crippen molar-refractivity contribution in [2.75, 3.05) is 32.8 Å². The summed E-state index contributed by atoms with van der Waals surface area (Å²) in [5.74, 6) is 0. The standard InChI is InChI=1S/C15H26N4O/c1-3-5-18-15(13-11-16-6-7-17-13)14-12-19(8-4-2)9-10-20-14/h6-7,11,14-15,18H,3-5,8-10,12H2,1-2H3. The van der Waals surface area contributed by atoms with E-state index in [1.807, 2.05) is 6.20 Å². The molecule has 0 spiro atoms. The molecule has 0 aromatic carbocycles. The minimum absolute atomic E-state index is 0.128. The number of rotatable bonds is 7. The molecule has 112 valence electrons. The zero-order valence-electron chi connectivity index (χ0n) is 12.6. The Morgan fingerprint density at radius 2 is 2.30 bits per heavy atom. The molecule has 0 bridgehead atoms. The van der Waals surface area contributed by atoms with Gasteiger partial charge in [0.2, 0.25) is 0 Å². The van der Waals surface area contributed by atoms with Crippen LogP contribution in [0.3, 0.4) is 0 Å². The molecule has 1 aliphatic rings. The maximum Gasteiger partial charge on any atom is 0.0912 e. The monoisotopic (exact) mass is 278 g/mol. The van der Waals surface area contributed by atoms with E-state index >= 15 is 0 Å². The van der Waals surface area contributed by atoms with E-state index in [2.05, 4.69) is 34.0 Å². The van der Waals surface area contributed by atoms with Crippen molar-refractivity contribution < 1.29 is 4.74 Å². The second kappa shape index (κ2) is 8.29. The van der Waals surface area contributed by atoms with Gasteiger partial charge in [-0.1, -0.05) is 13.8 Å². The first-order valence-electron chi connectivity index (χ1n) is 7.68. The lowest BCUT2D eigenvalue weighted by atomic mass is 10.1. The van der Waals surface area contributed by atoms with E-state index in [1.54, 1.807) is 12.4 Å². The Kier molecular flexibility index (Phi) is 6.36. The van der Waals surface area contributed by atoms with Gasteiger partial charge in [-0.3, -0.25) is 14.9 Å². The molecule has 1 N–H and O–H groups in total. The van der Waals surface area contributed by atoms with Crippen LogP contribution in [0.2, 0.25) is 0 Å². The first-order chi connectivity index (χ1) is 9.85. The second-order valence-electron chi connectivity index (χ2n) is 5.27. The molecule has 1 saturated heterocycles. The smallest absolute Gasteiger partial charge is 0.0912 e. The summed E-state index contributed by atoms with van der Waals surface area (Å²) in [5.41, 5.74) is 0.976. The van der Waals surface area contributed by atoms with Crippen LogP contribution in [-0.4, -0.2) is 53.8 Å². The second-order valence-corrected chi connectivity index (χ2v) is 5.27. The molecule has 0 aliphatic carbocycles. The molecule has 1 fully saturated rings. The predicted octanol–water partition coefficient (Wildman–Crippen LogP) is 1.63. The van der Waals surface area contributed by atoms with Gasteiger partial charge in [-0.2, -0.15) is 0 Å². The molecule has 0 saturated carbocycles. The largest absolute Gasteiger partial charge is 0.374 e. The number of aromatic nitrogens is 2.